The molecule has 0 aliphatic heterocycles. The van der Waals surface area contributed by atoms with Crippen molar-refractivity contribution in [3.8, 4) is 16.9 Å². The summed E-state index contributed by atoms with van der Waals surface area (Å²) in [5.41, 5.74) is 1.10. The first-order valence-electron chi connectivity index (χ1n) is 8.21. The first-order chi connectivity index (χ1) is 12.8. The van der Waals surface area contributed by atoms with E-state index in [4.69, 9.17) is 9.94 Å². The topological polar surface area (TPSA) is 90.8 Å². The van der Waals surface area contributed by atoms with Gasteiger partial charge < -0.3 is 9.84 Å². The van der Waals surface area contributed by atoms with Gasteiger partial charge in [0.15, 0.2) is 0 Å². The van der Waals surface area contributed by atoms with Crippen LogP contribution in [0.15, 0.2) is 48.5 Å². The van der Waals surface area contributed by atoms with E-state index >= 15 is 0 Å². The molecular formula is C19H22F2N2O4. The van der Waals surface area contributed by atoms with Gasteiger partial charge >= 0.3 is 0 Å². The summed E-state index contributed by atoms with van der Waals surface area (Å²) in [5, 5.41) is 21.3. The van der Waals surface area contributed by atoms with E-state index in [1.165, 1.54) is 12.6 Å². The van der Waals surface area contributed by atoms with Gasteiger partial charge in [0.25, 0.3) is 12.3 Å². The van der Waals surface area contributed by atoms with E-state index in [1.807, 2.05) is 36.4 Å². The fraction of sp³-hybridized carbons (Fsp3) is 0.316. The number of nitrogens with one attached hydrogen (secondary N) is 2. The number of benzene rings is 2. The quantitative estimate of drug-likeness (QED) is 0.417. The van der Waals surface area contributed by atoms with E-state index in [-0.39, 0.29) is 6.54 Å². The maximum Gasteiger partial charge on any atom is 0.268 e. The van der Waals surface area contributed by atoms with Crippen LogP contribution < -0.4 is 15.5 Å². The summed E-state index contributed by atoms with van der Waals surface area (Å²) in [6, 6.07) is 13.2. The van der Waals surface area contributed by atoms with Gasteiger partial charge in [-0.1, -0.05) is 42.5 Å². The molecule has 2 aromatic carbocycles. The van der Waals surface area contributed by atoms with Crippen molar-refractivity contribution in [1.29, 1.82) is 0 Å². The number of ether oxygens (including phenoxy) is 1. The van der Waals surface area contributed by atoms with E-state index in [9.17, 15) is 18.7 Å². The van der Waals surface area contributed by atoms with Crippen LogP contribution in [0.25, 0.3) is 11.1 Å². The molecule has 0 saturated carbocycles. The summed E-state index contributed by atoms with van der Waals surface area (Å²) in [5.74, 6) is -0.677. The van der Waals surface area contributed by atoms with Crippen molar-refractivity contribution < 1.29 is 28.6 Å². The number of aliphatic hydroxyl groups is 1. The van der Waals surface area contributed by atoms with Gasteiger partial charge in [-0.2, -0.15) is 0 Å². The van der Waals surface area contributed by atoms with Gasteiger partial charge in [-0.3, -0.25) is 15.3 Å². The maximum absolute atomic E-state index is 13.1. The van der Waals surface area contributed by atoms with Gasteiger partial charge in [-0.25, -0.2) is 14.3 Å². The summed E-state index contributed by atoms with van der Waals surface area (Å²) < 4.78 is 31.5. The minimum absolute atomic E-state index is 0.0425. The zero-order chi connectivity index (χ0) is 20.0. The van der Waals surface area contributed by atoms with E-state index in [0.29, 0.717) is 11.3 Å². The first kappa shape index (κ1) is 20.8. The van der Waals surface area contributed by atoms with Crippen LogP contribution in [0.3, 0.4) is 0 Å². The lowest BCUT2D eigenvalue weighted by atomic mass is 9.95. The number of hydrogen-bond acceptors (Lipinski definition) is 5. The number of carbonyl (C=O) groups is 1. The van der Waals surface area contributed by atoms with Gasteiger partial charge in [-0.15, -0.1) is 0 Å². The van der Waals surface area contributed by atoms with Crippen LogP contribution in [0.5, 0.6) is 5.75 Å². The standard InChI is InChI=1S/C19H22F2N2O4/c1-19(25,18(20)21)16(17(24)23-26)22-11-14-9-8-13(10-15(14)27-2)12-6-4-3-5-7-12/h3-10,16,18,22,25-26H,11H2,1-2H3,(H,23,24). The Morgan fingerprint density at radius 3 is 2.41 bits per heavy atom. The summed E-state index contributed by atoms with van der Waals surface area (Å²) in [4.78, 5) is 11.7. The smallest absolute Gasteiger partial charge is 0.268 e. The van der Waals surface area contributed by atoms with Crippen molar-refractivity contribution in [2.24, 2.45) is 0 Å². The molecule has 0 heterocycles. The average Bonchev–Trinajstić information content (AvgIpc) is 2.68. The summed E-state index contributed by atoms with van der Waals surface area (Å²) in [6.07, 6.45) is -3.20. The van der Waals surface area contributed by atoms with E-state index in [2.05, 4.69) is 5.32 Å². The second kappa shape index (κ2) is 8.90. The van der Waals surface area contributed by atoms with Crippen LogP contribution in [0.1, 0.15) is 12.5 Å². The zero-order valence-corrected chi connectivity index (χ0v) is 14.9. The monoisotopic (exact) mass is 380 g/mol. The predicted molar refractivity (Wildman–Crippen MR) is 95.6 cm³/mol. The van der Waals surface area contributed by atoms with Crippen molar-refractivity contribution >= 4 is 5.91 Å². The predicted octanol–water partition coefficient (Wildman–Crippen LogP) is 2.34. The minimum Gasteiger partial charge on any atom is -0.496 e. The fourth-order valence-corrected chi connectivity index (χ4v) is 2.67. The van der Waals surface area contributed by atoms with Crippen molar-refractivity contribution in [2.75, 3.05) is 7.11 Å². The maximum atomic E-state index is 13.1. The molecule has 0 spiro atoms. The lowest BCUT2D eigenvalue weighted by Gasteiger charge is -2.31. The molecule has 0 aliphatic rings. The van der Waals surface area contributed by atoms with Gasteiger partial charge in [0.2, 0.25) is 0 Å². The highest BCUT2D eigenvalue weighted by Gasteiger charge is 2.45. The third-order valence-corrected chi connectivity index (χ3v) is 4.29. The van der Waals surface area contributed by atoms with E-state index < -0.39 is 24.0 Å². The highest BCUT2D eigenvalue weighted by molar-refractivity contribution is 5.82. The van der Waals surface area contributed by atoms with Crippen molar-refractivity contribution in [3.63, 3.8) is 0 Å². The number of hydroxylamine groups is 1. The number of halogens is 2. The number of amides is 1. The largest absolute Gasteiger partial charge is 0.496 e. The normalized spacial score (nSPS) is 14.5. The zero-order valence-electron chi connectivity index (χ0n) is 14.9. The van der Waals surface area contributed by atoms with Crippen LogP contribution >= 0.6 is 0 Å². The Morgan fingerprint density at radius 1 is 1.19 bits per heavy atom. The molecule has 2 rings (SSSR count). The molecule has 1 amide bonds. The van der Waals surface area contributed by atoms with Crippen LogP contribution in [0.4, 0.5) is 8.78 Å². The van der Waals surface area contributed by atoms with E-state index in [1.54, 1.807) is 12.1 Å². The molecule has 0 saturated heterocycles. The highest BCUT2D eigenvalue weighted by atomic mass is 19.3. The molecule has 27 heavy (non-hydrogen) atoms. The highest BCUT2D eigenvalue weighted by Crippen LogP contribution is 2.28. The lowest BCUT2D eigenvalue weighted by Crippen LogP contribution is -2.60. The number of alkyl halides is 2. The summed E-state index contributed by atoms with van der Waals surface area (Å²) in [6.45, 7) is 0.777. The Hall–Kier alpha value is -2.55. The third kappa shape index (κ3) is 4.79. The van der Waals surface area contributed by atoms with Crippen LogP contribution in [0.2, 0.25) is 0 Å². The molecule has 8 heteroatoms. The Labute approximate surface area is 155 Å². The molecule has 2 atom stereocenters. The van der Waals surface area contributed by atoms with Gasteiger partial charge in [0, 0.05) is 12.1 Å². The molecule has 2 aromatic rings. The van der Waals surface area contributed by atoms with Crippen LogP contribution in [-0.4, -0.2) is 41.4 Å². The molecule has 4 N–H and O–H groups in total. The van der Waals surface area contributed by atoms with Crippen molar-refractivity contribution in [2.45, 2.75) is 31.5 Å². The van der Waals surface area contributed by atoms with Crippen LogP contribution in [0, 0.1) is 0 Å². The Balaban J connectivity index is 2.24. The molecule has 0 aliphatic carbocycles. The SMILES string of the molecule is COc1cc(-c2ccccc2)ccc1CNC(C(=O)NO)C(C)(O)C(F)F. The average molecular weight is 380 g/mol. The fourth-order valence-electron chi connectivity index (χ4n) is 2.67. The second-order valence-electron chi connectivity index (χ2n) is 6.21. The number of hydrogen-bond donors (Lipinski definition) is 4. The molecule has 146 valence electrons. The molecule has 0 radical (unpaired) electrons. The molecule has 2 unspecified atom stereocenters. The number of rotatable bonds is 8. The van der Waals surface area contributed by atoms with Crippen molar-refractivity contribution in [1.82, 2.24) is 10.8 Å². The second-order valence-corrected chi connectivity index (χ2v) is 6.21. The van der Waals surface area contributed by atoms with Crippen molar-refractivity contribution in [3.05, 3.63) is 54.1 Å². The molecule has 6 nitrogen and oxygen atoms in total. The molecule has 0 aromatic heterocycles. The third-order valence-electron chi connectivity index (χ3n) is 4.29. The molecular weight excluding hydrogens is 358 g/mol. The van der Waals surface area contributed by atoms with Gasteiger partial charge in [0.1, 0.15) is 17.4 Å². The number of methoxy groups -OCH3 is 1. The Bertz CT molecular complexity index is 770. The summed E-state index contributed by atoms with van der Waals surface area (Å²) in [7, 11) is 1.47. The van der Waals surface area contributed by atoms with Crippen LogP contribution in [-0.2, 0) is 11.3 Å². The van der Waals surface area contributed by atoms with E-state index in [0.717, 1.165) is 18.1 Å². The number of carbonyl (C=O) groups excluding carboxylic acids is 1. The van der Waals surface area contributed by atoms with Gasteiger partial charge in [-0.05, 0) is 24.1 Å². The summed E-state index contributed by atoms with van der Waals surface area (Å²) >= 11 is 0. The minimum atomic E-state index is -3.20. The Morgan fingerprint density at radius 2 is 1.85 bits per heavy atom. The Kier molecular flexibility index (Phi) is 6.84. The molecule has 0 fully saturated rings. The first-order valence-corrected chi connectivity index (χ1v) is 8.21. The van der Waals surface area contributed by atoms with Gasteiger partial charge in [0.05, 0.1) is 7.11 Å². The molecule has 0 bridgehead atoms. The lowest BCUT2D eigenvalue weighted by molar-refractivity contribution is -0.150.